The maximum absolute atomic E-state index is 11.7. The number of urea groups is 1. The minimum Gasteiger partial charge on any atom is -0.548 e. The molecule has 0 saturated carbocycles. The van der Waals surface area contributed by atoms with Crippen molar-refractivity contribution in [3.05, 3.63) is 29.8 Å². The Labute approximate surface area is 119 Å². The van der Waals surface area contributed by atoms with E-state index in [1.54, 1.807) is 12.1 Å². The monoisotopic (exact) mass is 277 g/mol. The molecule has 1 atom stereocenters. The zero-order valence-electron chi connectivity index (χ0n) is 12.1. The van der Waals surface area contributed by atoms with Gasteiger partial charge in [-0.3, -0.25) is 0 Å². The molecule has 0 radical (unpaired) electrons. The number of benzene rings is 1. The van der Waals surface area contributed by atoms with Crippen molar-refractivity contribution < 1.29 is 14.7 Å². The minimum absolute atomic E-state index is 0.155. The molecular formula is C15H21N2O3-. The maximum atomic E-state index is 11.7. The molecular weight excluding hydrogens is 256 g/mol. The second-order valence-corrected chi connectivity index (χ2v) is 5.15. The van der Waals surface area contributed by atoms with E-state index in [4.69, 9.17) is 0 Å². The number of amides is 2. The van der Waals surface area contributed by atoms with Crippen LogP contribution in [0.3, 0.4) is 0 Å². The molecule has 0 fully saturated rings. The van der Waals surface area contributed by atoms with Gasteiger partial charge in [-0.15, -0.1) is 0 Å². The van der Waals surface area contributed by atoms with Gasteiger partial charge in [-0.2, -0.15) is 0 Å². The highest BCUT2D eigenvalue weighted by Gasteiger charge is 2.15. The Morgan fingerprint density at radius 1 is 1.20 bits per heavy atom. The Bertz CT molecular complexity index is 455. The van der Waals surface area contributed by atoms with E-state index in [2.05, 4.69) is 10.6 Å². The number of carbonyl (C=O) groups is 2. The van der Waals surface area contributed by atoms with Gasteiger partial charge in [-0.1, -0.05) is 32.9 Å². The van der Waals surface area contributed by atoms with Gasteiger partial charge in [0.15, 0.2) is 0 Å². The quantitative estimate of drug-likeness (QED) is 0.827. The van der Waals surface area contributed by atoms with Crippen LogP contribution in [0.4, 0.5) is 10.5 Å². The normalized spacial score (nSPS) is 12.0. The van der Waals surface area contributed by atoms with Crippen LogP contribution in [0.25, 0.3) is 0 Å². The number of carbonyl (C=O) groups excluding carboxylic acids is 2. The standard InChI is InChI=1S/C15H22N2O3/c1-4-11-5-7-12(8-6-11)16-15(20)17-13(14(18)19)9-10(2)3/h5-8,10,13H,4,9H2,1-3H3,(H,18,19)(H2,16,17,20)/p-1/t13-/m0/s1. The van der Waals surface area contributed by atoms with E-state index < -0.39 is 18.0 Å². The summed E-state index contributed by atoms with van der Waals surface area (Å²) >= 11 is 0. The third-order valence-electron chi connectivity index (χ3n) is 2.92. The van der Waals surface area contributed by atoms with Crippen LogP contribution >= 0.6 is 0 Å². The Balaban J connectivity index is 2.58. The van der Waals surface area contributed by atoms with Crippen LogP contribution < -0.4 is 15.7 Å². The number of aryl methyl sites for hydroxylation is 1. The second kappa shape index (κ2) is 7.53. The molecule has 20 heavy (non-hydrogen) atoms. The second-order valence-electron chi connectivity index (χ2n) is 5.15. The highest BCUT2D eigenvalue weighted by atomic mass is 16.4. The number of anilines is 1. The Kier molecular flexibility index (Phi) is 6.03. The molecule has 5 heteroatoms. The summed E-state index contributed by atoms with van der Waals surface area (Å²) in [5, 5.41) is 16.0. The first kappa shape index (κ1) is 16.0. The molecule has 0 aromatic heterocycles. The average Bonchev–Trinajstić information content (AvgIpc) is 2.38. The van der Waals surface area contributed by atoms with E-state index in [0.29, 0.717) is 12.1 Å². The van der Waals surface area contributed by atoms with Crippen molar-refractivity contribution in [3.63, 3.8) is 0 Å². The molecule has 0 heterocycles. The lowest BCUT2D eigenvalue weighted by Crippen LogP contribution is -2.49. The molecule has 1 rings (SSSR count). The molecule has 0 unspecified atom stereocenters. The molecule has 0 bridgehead atoms. The van der Waals surface area contributed by atoms with Crippen LogP contribution in [-0.2, 0) is 11.2 Å². The lowest BCUT2D eigenvalue weighted by Gasteiger charge is -2.21. The van der Waals surface area contributed by atoms with E-state index in [1.165, 1.54) is 5.56 Å². The van der Waals surface area contributed by atoms with Gasteiger partial charge in [0.2, 0.25) is 0 Å². The van der Waals surface area contributed by atoms with Crippen LogP contribution in [-0.4, -0.2) is 18.0 Å². The molecule has 2 N–H and O–H groups in total. The summed E-state index contributed by atoms with van der Waals surface area (Å²) in [6.45, 7) is 5.82. The van der Waals surface area contributed by atoms with Crippen molar-refractivity contribution in [2.24, 2.45) is 5.92 Å². The van der Waals surface area contributed by atoms with Crippen molar-refractivity contribution >= 4 is 17.7 Å². The summed E-state index contributed by atoms with van der Waals surface area (Å²) in [4.78, 5) is 22.7. The van der Waals surface area contributed by atoms with Gasteiger partial charge in [-0.05, 0) is 36.5 Å². The van der Waals surface area contributed by atoms with Crippen LogP contribution in [0.2, 0.25) is 0 Å². The molecule has 0 aliphatic carbocycles. The summed E-state index contributed by atoms with van der Waals surface area (Å²) in [6, 6.07) is 5.89. The van der Waals surface area contributed by atoms with E-state index in [1.807, 2.05) is 32.9 Å². The number of hydrogen-bond donors (Lipinski definition) is 2. The first-order valence-corrected chi connectivity index (χ1v) is 6.79. The molecule has 110 valence electrons. The SMILES string of the molecule is CCc1ccc(NC(=O)N[C@@H](CC(C)C)C(=O)[O-])cc1. The zero-order valence-corrected chi connectivity index (χ0v) is 12.1. The smallest absolute Gasteiger partial charge is 0.319 e. The Morgan fingerprint density at radius 3 is 2.25 bits per heavy atom. The van der Waals surface area contributed by atoms with Gasteiger partial charge in [0, 0.05) is 5.69 Å². The van der Waals surface area contributed by atoms with Gasteiger partial charge in [-0.25, -0.2) is 4.79 Å². The summed E-state index contributed by atoms with van der Waals surface area (Å²) in [6.07, 6.45) is 1.26. The minimum atomic E-state index is -1.27. The van der Waals surface area contributed by atoms with Crippen LogP contribution in [0, 0.1) is 5.92 Å². The van der Waals surface area contributed by atoms with Gasteiger partial charge in [0.1, 0.15) is 0 Å². The fourth-order valence-electron chi connectivity index (χ4n) is 1.83. The maximum Gasteiger partial charge on any atom is 0.319 e. The predicted octanol–water partition coefficient (Wildman–Crippen LogP) is 1.54. The molecule has 0 aliphatic rings. The highest BCUT2D eigenvalue weighted by molar-refractivity contribution is 5.91. The Morgan fingerprint density at radius 2 is 1.80 bits per heavy atom. The molecule has 5 nitrogen and oxygen atoms in total. The molecule has 0 aliphatic heterocycles. The molecule has 2 amide bonds. The average molecular weight is 277 g/mol. The van der Waals surface area contributed by atoms with Crippen LogP contribution in [0.15, 0.2) is 24.3 Å². The number of carboxylic acid groups (broad SMARTS) is 1. The van der Waals surface area contributed by atoms with Crippen LogP contribution in [0.1, 0.15) is 32.8 Å². The third-order valence-corrected chi connectivity index (χ3v) is 2.92. The fraction of sp³-hybridized carbons (Fsp3) is 0.467. The summed E-state index contributed by atoms with van der Waals surface area (Å²) in [5.74, 6) is -1.11. The topological polar surface area (TPSA) is 81.3 Å². The van der Waals surface area contributed by atoms with Crippen molar-refractivity contribution in [2.45, 2.75) is 39.7 Å². The molecule has 1 aromatic rings. The van der Waals surface area contributed by atoms with E-state index in [0.717, 1.165) is 6.42 Å². The zero-order chi connectivity index (χ0) is 15.1. The number of rotatable bonds is 6. The fourth-order valence-corrected chi connectivity index (χ4v) is 1.83. The van der Waals surface area contributed by atoms with Gasteiger partial charge in [0.25, 0.3) is 0 Å². The van der Waals surface area contributed by atoms with E-state index >= 15 is 0 Å². The van der Waals surface area contributed by atoms with Gasteiger partial charge >= 0.3 is 6.03 Å². The Hall–Kier alpha value is -2.04. The number of nitrogens with one attached hydrogen (secondary N) is 2. The molecule has 0 saturated heterocycles. The number of carboxylic acids is 1. The predicted molar refractivity (Wildman–Crippen MR) is 76.2 cm³/mol. The molecule has 0 spiro atoms. The number of hydrogen-bond acceptors (Lipinski definition) is 3. The van der Waals surface area contributed by atoms with Crippen molar-refractivity contribution in [3.8, 4) is 0 Å². The first-order valence-electron chi connectivity index (χ1n) is 6.79. The lowest BCUT2D eigenvalue weighted by atomic mass is 10.0. The van der Waals surface area contributed by atoms with Gasteiger partial charge < -0.3 is 20.5 Å². The first-order chi connectivity index (χ1) is 9.42. The van der Waals surface area contributed by atoms with Crippen molar-refractivity contribution in [1.29, 1.82) is 0 Å². The summed E-state index contributed by atoms with van der Waals surface area (Å²) in [7, 11) is 0. The van der Waals surface area contributed by atoms with Crippen LogP contribution in [0.5, 0.6) is 0 Å². The van der Waals surface area contributed by atoms with E-state index in [-0.39, 0.29) is 5.92 Å². The van der Waals surface area contributed by atoms with Gasteiger partial charge in [0.05, 0.1) is 12.0 Å². The summed E-state index contributed by atoms with van der Waals surface area (Å²) in [5.41, 5.74) is 1.80. The third kappa shape index (κ3) is 5.30. The number of aliphatic carboxylic acids is 1. The lowest BCUT2D eigenvalue weighted by molar-refractivity contribution is -0.308. The van der Waals surface area contributed by atoms with E-state index in [9.17, 15) is 14.7 Å². The summed E-state index contributed by atoms with van der Waals surface area (Å²) < 4.78 is 0. The van der Waals surface area contributed by atoms with Crippen molar-refractivity contribution in [2.75, 3.05) is 5.32 Å². The highest BCUT2D eigenvalue weighted by Crippen LogP contribution is 2.10. The molecule has 1 aromatic carbocycles. The van der Waals surface area contributed by atoms with Crippen molar-refractivity contribution in [1.82, 2.24) is 5.32 Å². The largest absolute Gasteiger partial charge is 0.548 e.